The summed E-state index contributed by atoms with van der Waals surface area (Å²) in [5, 5.41) is 11.4. The summed E-state index contributed by atoms with van der Waals surface area (Å²) in [5.41, 5.74) is 1.74. The number of carbonyl (C=O) groups excluding carboxylic acids is 3. The Balaban J connectivity index is 1.68. The fourth-order valence-electron chi connectivity index (χ4n) is 4.01. The number of fused-ring (bicyclic) bond motifs is 1. The maximum absolute atomic E-state index is 13.0. The van der Waals surface area contributed by atoms with Crippen molar-refractivity contribution in [3.63, 3.8) is 0 Å². The Morgan fingerprint density at radius 2 is 1.83 bits per heavy atom. The van der Waals surface area contributed by atoms with Gasteiger partial charge in [-0.2, -0.15) is 0 Å². The van der Waals surface area contributed by atoms with Gasteiger partial charge in [-0.1, -0.05) is 30.2 Å². The zero-order valence-corrected chi connectivity index (χ0v) is 16.5. The summed E-state index contributed by atoms with van der Waals surface area (Å²) >= 11 is 0. The third-order valence-corrected chi connectivity index (χ3v) is 5.57. The van der Waals surface area contributed by atoms with Crippen LogP contribution in [0.3, 0.4) is 0 Å². The molecule has 2 atom stereocenters. The second-order valence-corrected chi connectivity index (χ2v) is 7.69. The van der Waals surface area contributed by atoms with Crippen LogP contribution in [0.4, 0.5) is 5.69 Å². The molecule has 1 aliphatic carbocycles. The number of amides is 3. The Labute approximate surface area is 169 Å². The van der Waals surface area contributed by atoms with Crippen LogP contribution >= 0.6 is 0 Å². The van der Waals surface area contributed by atoms with Crippen molar-refractivity contribution < 1.29 is 24.3 Å². The van der Waals surface area contributed by atoms with E-state index in [1.54, 1.807) is 24.3 Å². The molecule has 0 radical (unpaired) electrons. The van der Waals surface area contributed by atoms with Crippen LogP contribution in [0.25, 0.3) is 0 Å². The molecule has 154 valence electrons. The summed E-state index contributed by atoms with van der Waals surface area (Å²) in [6.45, 7) is 2.37. The monoisotopic (exact) mass is 398 g/mol. The van der Waals surface area contributed by atoms with Crippen LogP contribution in [0.2, 0.25) is 0 Å². The van der Waals surface area contributed by atoms with Gasteiger partial charge in [-0.05, 0) is 44.7 Å². The van der Waals surface area contributed by atoms with Gasteiger partial charge in [-0.25, -0.2) is 4.90 Å². The smallest absolute Gasteiger partial charge is 0.303 e. The maximum Gasteiger partial charge on any atom is 0.303 e. The molecule has 0 unspecified atom stereocenters. The number of unbranched alkanes of at least 4 members (excludes halogenated alkanes) is 2. The highest BCUT2D eigenvalue weighted by Gasteiger charge is 2.49. The van der Waals surface area contributed by atoms with Gasteiger partial charge in [0.25, 0.3) is 5.91 Å². The first kappa shape index (κ1) is 20.8. The van der Waals surface area contributed by atoms with Gasteiger partial charge in [-0.15, -0.1) is 0 Å². The number of para-hydroxylation sites is 1. The van der Waals surface area contributed by atoms with Crippen molar-refractivity contribution in [3.05, 3.63) is 41.5 Å². The van der Waals surface area contributed by atoms with E-state index < -0.39 is 5.97 Å². The summed E-state index contributed by atoms with van der Waals surface area (Å²) in [6.07, 6.45) is 5.20. The van der Waals surface area contributed by atoms with Crippen LogP contribution in [0, 0.1) is 11.8 Å². The molecule has 1 aliphatic heterocycles. The second-order valence-electron chi connectivity index (χ2n) is 7.69. The lowest BCUT2D eigenvalue weighted by molar-refractivity contribution is -0.137. The summed E-state index contributed by atoms with van der Waals surface area (Å²) in [6, 6.07) is 6.66. The van der Waals surface area contributed by atoms with Crippen molar-refractivity contribution in [3.8, 4) is 0 Å². The van der Waals surface area contributed by atoms with Crippen molar-refractivity contribution >= 4 is 29.4 Å². The number of carboxylic acids is 1. The average Bonchev–Trinajstić information content (AvgIpc) is 2.94. The minimum Gasteiger partial charge on any atom is -0.481 e. The Kier molecular flexibility index (Phi) is 6.46. The minimum absolute atomic E-state index is 0.118. The summed E-state index contributed by atoms with van der Waals surface area (Å²) in [5.74, 6) is -2.34. The normalized spacial score (nSPS) is 21.0. The van der Waals surface area contributed by atoms with E-state index in [0.717, 1.165) is 5.57 Å². The van der Waals surface area contributed by atoms with E-state index in [1.807, 2.05) is 13.0 Å². The highest BCUT2D eigenvalue weighted by atomic mass is 16.4. The number of benzene rings is 1. The van der Waals surface area contributed by atoms with Gasteiger partial charge in [-0.3, -0.25) is 19.2 Å². The molecule has 7 heteroatoms. The van der Waals surface area contributed by atoms with Crippen LogP contribution in [-0.4, -0.2) is 35.3 Å². The van der Waals surface area contributed by atoms with Crippen molar-refractivity contribution in [1.29, 1.82) is 0 Å². The average molecular weight is 398 g/mol. The SMILES string of the molecule is CC1=CC[C@H]2C(=O)N(c3ccccc3C(=O)NCCCCCC(=O)O)C(=O)[C@H]2C1. The van der Waals surface area contributed by atoms with Crippen molar-refractivity contribution in [2.45, 2.75) is 45.4 Å². The van der Waals surface area contributed by atoms with E-state index in [2.05, 4.69) is 5.32 Å². The lowest BCUT2D eigenvalue weighted by Crippen LogP contribution is -2.34. The third-order valence-electron chi connectivity index (χ3n) is 5.57. The van der Waals surface area contributed by atoms with Gasteiger partial charge in [0.1, 0.15) is 0 Å². The molecule has 3 amide bonds. The molecule has 7 nitrogen and oxygen atoms in total. The molecule has 0 spiro atoms. The lowest BCUT2D eigenvalue weighted by atomic mass is 9.82. The van der Waals surface area contributed by atoms with E-state index >= 15 is 0 Å². The highest BCUT2D eigenvalue weighted by molar-refractivity contribution is 6.24. The first-order chi connectivity index (χ1) is 13.9. The topological polar surface area (TPSA) is 104 Å². The summed E-state index contributed by atoms with van der Waals surface area (Å²) in [7, 11) is 0. The number of hydrogen-bond acceptors (Lipinski definition) is 4. The molecular weight excluding hydrogens is 372 g/mol. The molecule has 1 heterocycles. The van der Waals surface area contributed by atoms with Crippen LogP contribution in [0.5, 0.6) is 0 Å². The zero-order valence-electron chi connectivity index (χ0n) is 16.5. The van der Waals surface area contributed by atoms with E-state index in [4.69, 9.17) is 5.11 Å². The lowest BCUT2D eigenvalue weighted by Gasteiger charge is -2.19. The fraction of sp³-hybridized carbons (Fsp3) is 0.455. The number of imide groups is 1. The molecule has 2 aliphatic rings. The predicted octanol–water partition coefficient (Wildman–Crippen LogP) is 2.91. The van der Waals surface area contributed by atoms with Crippen LogP contribution in [0.15, 0.2) is 35.9 Å². The second kappa shape index (κ2) is 9.03. The molecule has 1 saturated heterocycles. The molecule has 1 aromatic carbocycles. The molecular formula is C22H26N2O5. The first-order valence-corrected chi connectivity index (χ1v) is 10.0. The number of rotatable bonds is 8. The van der Waals surface area contributed by atoms with E-state index in [1.165, 1.54) is 4.90 Å². The van der Waals surface area contributed by atoms with E-state index in [9.17, 15) is 19.2 Å². The van der Waals surface area contributed by atoms with Gasteiger partial charge < -0.3 is 10.4 Å². The van der Waals surface area contributed by atoms with E-state index in [0.29, 0.717) is 49.9 Å². The van der Waals surface area contributed by atoms with Gasteiger partial charge in [0.05, 0.1) is 23.1 Å². The number of anilines is 1. The van der Waals surface area contributed by atoms with Crippen LogP contribution in [0.1, 0.15) is 55.8 Å². The molecule has 0 bridgehead atoms. The molecule has 1 aromatic rings. The van der Waals surface area contributed by atoms with Gasteiger partial charge in [0.2, 0.25) is 11.8 Å². The first-order valence-electron chi connectivity index (χ1n) is 10.0. The minimum atomic E-state index is -0.825. The predicted molar refractivity (Wildman–Crippen MR) is 107 cm³/mol. The molecule has 3 rings (SSSR count). The van der Waals surface area contributed by atoms with Crippen LogP contribution < -0.4 is 10.2 Å². The third kappa shape index (κ3) is 4.55. The molecule has 29 heavy (non-hydrogen) atoms. The zero-order chi connectivity index (χ0) is 21.0. The largest absolute Gasteiger partial charge is 0.481 e. The number of aliphatic carboxylic acids is 1. The maximum atomic E-state index is 13.0. The summed E-state index contributed by atoms with van der Waals surface area (Å²) in [4.78, 5) is 50.3. The summed E-state index contributed by atoms with van der Waals surface area (Å²) < 4.78 is 0. The van der Waals surface area contributed by atoms with Crippen LogP contribution in [-0.2, 0) is 14.4 Å². The molecule has 1 fully saturated rings. The molecule has 0 aromatic heterocycles. The number of hydrogen-bond donors (Lipinski definition) is 2. The van der Waals surface area contributed by atoms with Gasteiger partial charge in [0, 0.05) is 13.0 Å². The van der Waals surface area contributed by atoms with Crippen molar-refractivity contribution in [1.82, 2.24) is 5.32 Å². The van der Waals surface area contributed by atoms with Crippen molar-refractivity contribution in [2.24, 2.45) is 11.8 Å². The molecule has 0 saturated carbocycles. The molecule has 2 N–H and O–H groups in total. The Hall–Kier alpha value is -2.96. The number of nitrogens with zero attached hydrogens (tertiary/aromatic N) is 1. The standard InChI is InChI=1S/C22H26N2O5/c1-14-10-11-15-17(13-14)22(29)24(21(15)28)18-8-5-4-7-16(18)20(27)23-12-6-2-3-9-19(25)26/h4-5,7-8,10,15,17H,2-3,6,9,11-13H2,1H3,(H,23,27)(H,25,26)/t15-,17+/m1/s1. The van der Waals surface area contributed by atoms with Crippen molar-refractivity contribution in [2.75, 3.05) is 11.4 Å². The van der Waals surface area contributed by atoms with Gasteiger partial charge >= 0.3 is 5.97 Å². The Bertz CT molecular complexity index is 861. The number of allylic oxidation sites excluding steroid dienone is 2. The number of nitrogens with one attached hydrogen (secondary N) is 1. The fourth-order valence-corrected chi connectivity index (χ4v) is 4.01. The number of carboxylic acid groups (broad SMARTS) is 1. The van der Waals surface area contributed by atoms with Gasteiger partial charge in [0.15, 0.2) is 0 Å². The Morgan fingerprint density at radius 3 is 2.59 bits per heavy atom. The quantitative estimate of drug-likeness (QED) is 0.398. The number of carbonyl (C=O) groups is 4. The Morgan fingerprint density at radius 1 is 1.10 bits per heavy atom. The highest BCUT2D eigenvalue weighted by Crippen LogP contribution is 2.40. The van der Waals surface area contributed by atoms with E-state index in [-0.39, 0.29) is 36.0 Å².